The maximum Gasteiger partial charge on any atom is 0.227 e. The van der Waals surface area contributed by atoms with Gasteiger partial charge in [0, 0.05) is 25.8 Å². The molecule has 1 aliphatic carbocycles. The maximum absolute atomic E-state index is 9.95. The highest BCUT2D eigenvalue weighted by atomic mass is 16.3. The molecule has 0 saturated carbocycles. The fraction of sp³-hybridized carbons (Fsp3) is 0.562. The van der Waals surface area contributed by atoms with Crippen LogP contribution in [0, 0.1) is 6.92 Å². The van der Waals surface area contributed by atoms with E-state index in [1.165, 1.54) is 17.5 Å². The Morgan fingerprint density at radius 1 is 1.13 bits per heavy atom. The Hall–Kier alpha value is -1.99. The first-order valence-electron chi connectivity index (χ1n) is 8.20. The van der Waals surface area contributed by atoms with Gasteiger partial charge in [0.15, 0.2) is 5.65 Å². The minimum absolute atomic E-state index is 0.0762. The fourth-order valence-corrected chi connectivity index (χ4v) is 3.68. The quantitative estimate of drug-likeness (QED) is 0.659. The third-order valence-corrected chi connectivity index (χ3v) is 4.85. The number of aliphatic hydroxyl groups excluding tert-OH is 1. The molecule has 0 spiro atoms. The predicted molar refractivity (Wildman–Crippen MR) is 89.9 cm³/mol. The van der Waals surface area contributed by atoms with Gasteiger partial charge in [0.2, 0.25) is 5.95 Å². The molecule has 0 bridgehead atoms. The number of hydrogen-bond donors (Lipinski definition) is 4. The largest absolute Gasteiger partial charge is 0.390 e. The zero-order chi connectivity index (χ0) is 16.0. The molecule has 122 valence electrons. The van der Waals surface area contributed by atoms with Crippen LogP contribution in [0.1, 0.15) is 23.2 Å². The molecule has 2 atom stereocenters. The molecule has 2 aromatic heterocycles. The van der Waals surface area contributed by atoms with E-state index < -0.39 is 6.10 Å². The van der Waals surface area contributed by atoms with E-state index in [0.717, 1.165) is 35.4 Å². The van der Waals surface area contributed by atoms with Crippen LogP contribution in [0.25, 0.3) is 11.0 Å². The van der Waals surface area contributed by atoms with Crippen molar-refractivity contribution in [2.75, 3.05) is 30.8 Å². The van der Waals surface area contributed by atoms with Crippen LogP contribution in [0.5, 0.6) is 0 Å². The lowest BCUT2D eigenvalue weighted by molar-refractivity contribution is 0.185. The number of pyridine rings is 1. The number of aryl methyl sites for hydroxylation is 2. The lowest BCUT2D eigenvalue weighted by Gasteiger charge is -2.17. The summed E-state index contributed by atoms with van der Waals surface area (Å²) in [4.78, 5) is 13.9. The molecule has 7 heteroatoms. The van der Waals surface area contributed by atoms with Gasteiger partial charge in [-0.3, -0.25) is 0 Å². The lowest BCUT2D eigenvalue weighted by atomic mass is 10.1. The second-order valence-electron chi connectivity index (χ2n) is 6.33. The second kappa shape index (κ2) is 5.58. The Kier molecular flexibility index (Phi) is 3.54. The van der Waals surface area contributed by atoms with Crippen LogP contribution in [-0.4, -0.2) is 52.3 Å². The van der Waals surface area contributed by atoms with Crippen molar-refractivity contribution in [1.29, 1.82) is 0 Å². The summed E-state index contributed by atoms with van der Waals surface area (Å²) < 4.78 is 0. The molecule has 0 radical (unpaired) electrons. The number of nitrogens with zero attached hydrogens (tertiary/aromatic N) is 3. The van der Waals surface area contributed by atoms with Crippen LogP contribution in [0.3, 0.4) is 0 Å². The summed E-state index contributed by atoms with van der Waals surface area (Å²) in [7, 11) is 1.87. The van der Waals surface area contributed by atoms with E-state index in [1.54, 1.807) is 0 Å². The van der Waals surface area contributed by atoms with Gasteiger partial charge in [-0.05, 0) is 37.3 Å². The molecule has 2 aromatic rings. The summed E-state index contributed by atoms with van der Waals surface area (Å²) >= 11 is 0. The van der Waals surface area contributed by atoms with Gasteiger partial charge in [0.05, 0.1) is 17.5 Å². The van der Waals surface area contributed by atoms with E-state index in [0.29, 0.717) is 19.0 Å². The number of fused-ring (bicyclic) bond motifs is 3. The number of hydrogen-bond acceptors (Lipinski definition) is 7. The van der Waals surface area contributed by atoms with Crippen LogP contribution in [0.2, 0.25) is 0 Å². The number of rotatable bonds is 3. The van der Waals surface area contributed by atoms with Crippen LogP contribution in [0.15, 0.2) is 0 Å². The van der Waals surface area contributed by atoms with Crippen LogP contribution in [-0.2, 0) is 12.8 Å². The van der Waals surface area contributed by atoms with Crippen molar-refractivity contribution in [3.63, 3.8) is 0 Å². The van der Waals surface area contributed by atoms with Crippen molar-refractivity contribution in [2.24, 2.45) is 0 Å². The van der Waals surface area contributed by atoms with Crippen molar-refractivity contribution in [1.82, 2.24) is 20.3 Å². The molecule has 1 fully saturated rings. The van der Waals surface area contributed by atoms with Gasteiger partial charge >= 0.3 is 0 Å². The average molecular weight is 314 g/mol. The molecular formula is C16H22N6O. The molecule has 4 rings (SSSR count). The predicted octanol–water partition coefficient (Wildman–Crippen LogP) is 0.608. The molecule has 3 heterocycles. The first-order valence-corrected chi connectivity index (χ1v) is 8.20. The zero-order valence-electron chi connectivity index (χ0n) is 13.5. The highest BCUT2D eigenvalue weighted by Gasteiger charge is 2.27. The van der Waals surface area contributed by atoms with Crippen molar-refractivity contribution in [2.45, 2.75) is 38.3 Å². The highest BCUT2D eigenvalue weighted by Crippen LogP contribution is 2.34. The van der Waals surface area contributed by atoms with E-state index >= 15 is 0 Å². The Morgan fingerprint density at radius 3 is 2.70 bits per heavy atom. The fourth-order valence-electron chi connectivity index (χ4n) is 3.68. The minimum atomic E-state index is -0.429. The summed E-state index contributed by atoms with van der Waals surface area (Å²) in [5, 5.41) is 20.6. The van der Waals surface area contributed by atoms with Gasteiger partial charge in [0.1, 0.15) is 5.82 Å². The summed E-state index contributed by atoms with van der Waals surface area (Å²) in [6.45, 7) is 3.35. The van der Waals surface area contributed by atoms with Gasteiger partial charge in [-0.1, -0.05) is 0 Å². The number of nitrogens with one attached hydrogen (secondary N) is 3. The van der Waals surface area contributed by atoms with Crippen LogP contribution >= 0.6 is 0 Å². The van der Waals surface area contributed by atoms with Gasteiger partial charge in [-0.15, -0.1) is 0 Å². The summed E-state index contributed by atoms with van der Waals surface area (Å²) in [6, 6.07) is -0.0762. The lowest BCUT2D eigenvalue weighted by Crippen LogP contribution is -2.32. The number of aromatic nitrogens is 3. The van der Waals surface area contributed by atoms with Gasteiger partial charge in [-0.2, -0.15) is 9.97 Å². The normalized spacial score (nSPS) is 23.3. The van der Waals surface area contributed by atoms with Crippen molar-refractivity contribution < 1.29 is 5.11 Å². The van der Waals surface area contributed by atoms with E-state index in [-0.39, 0.29) is 6.04 Å². The summed E-state index contributed by atoms with van der Waals surface area (Å²) in [6.07, 6.45) is 2.89. The van der Waals surface area contributed by atoms with Gasteiger partial charge < -0.3 is 21.1 Å². The molecule has 2 aliphatic rings. The molecule has 0 aromatic carbocycles. The summed E-state index contributed by atoms with van der Waals surface area (Å²) in [5.74, 6) is 1.32. The first-order chi connectivity index (χ1) is 11.2. The number of anilines is 2. The van der Waals surface area contributed by atoms with E-state index in [1.807, 2.05) is 7.05 Å². The topological polar surface area (TPSA) is 95.0 Å². The summed E-state index contributed by atoms with van der Waals surface area (Å²) in [5.41, 5.74) is 4.49. The third kappa shape index (κ3) is 2.40. The Bertz CT molecular complexity index is 762. The molecule has 7 nitrogen and oxygen atoms in total. The molecule has 0 unspecified atom stereocenters. The number of β-amino-alcohol motifs (C(OH)–C–C–N with tert-alkyl or cyclic N) is 1. The molecule has 1 aliphatic heterocycles. The third-order valence-electron chi connectivity index (χ3n) is 4.85. The maximum atomic E-state index is 9.95. The van der Waals surface area contributed by atoms with E-state index in [9.17, 15) is 5.11 Å². The van der Waals surface area contributed by atoms with E-state index in [4.69, 9.17) is 4.98 Å². The van der Waals surface area contributed by atoms with Crippen molar-refractivity contribution in [3.05, 3.63) is 16.8 Å². The SMILES string of the molecule is CNc1nc(N[C@H]2CNC[C@H]2O)nc2nc(C)c3c(c12)CCC3. The van der Waals surface area contributed by atoms with Crippen LogP contribution < -0.4 is 16.0 Å². The number of aliphatic hydroxyl groups is 1. The van der Waals surface area contributed by atoms with Crippen molar-refractivity contribution >= 4 is 22.8 Å². The molecule has 0 amide bonds. The second-order valence-corrected chi connectivity index (χ2v) is 6.33. The molecule has 23 heavy (non-hydrogen) atoms. The zero-order valence-corrected chi connectivity index (χ0v) is 13.5. The Labute approximate surface area is 134 Å². The molecular weight excluding hydrogens is 292 g/mol. The van der Waals surface area contributed by atoms with Crippen LogP contribution in [0.4, 0.5) is 11.8 Å². The minimum Gasteiger partial charge on any atom is -0.390 e. The van der Waals surface area contributed by atoms with Gasteiger partial charge in [0.25, 0.3) is 0 Å². The monoisotopic (exact) mass is 314 g/mol. The Balaban J connectivity index is 1.81. The molecule has 1 saturated heterocycles. The smallest absolute Gasteiger partial charge is 0.227 e. The first kappa shape index (κ1) is 14.6. The van der Waals surface area contributed by atoms with Crippen molar-refractivity contribution in [3.8, 4) is 0 Å². The van der Waals surface area contributed by atoms with E-state index in [2.05, 4.69) is 32.8 Å². The highest BCUT2D eigenvalue weighted by molar-refractivity contribution is 5.92. The average Bonchev–Trinajstić information content (AvgIpc) is 3.16. The van der Waals surface area contributed by atoms with Gasteiger partial charge in [-0.25, -0.2) is 4.98 Å². The Morgan fingerprint density at radius 2 is 1.96 bits per heavy atom. The molecule has 4 N–H and O–H groups in total. The standard InChI is InChI=1S/C16H22N6O/c1-8-9-4-3-5-10(9)13-14(17-2)21-16(22-15(13)19-8)20-11-6-18-7-12(11)23/h11-12,18,23H,3-7H2,1-2H3,(H2,17,19,20,21,22)/t11-,12+/m0/s1.